The predicted octanol–water partition coefficient (Wildman–Crippen LogP) is 1.72. The van der Waals surface area contributed by atoms with Crippen molar-refractivity contribution in [2.24, 2.45) is 10.9 Å². The van der Waals surface area contributed by atoms with E-state index in [0.29, 0.717) is 10.7 Å². The average molecular weight is 273 g/mol. The SMILES string of the molecule is CN=C(NCC(C)C)NCC1(SC)CCOCC1. The lowest BCUT2D eigenvalue weighted by atomic mass is 9.99. The number of aliphatic imine (C=N–C) groups is 1. The Morgan fingerprint density at radius 3 is 2.50 bits per heavy atom. The lowest BCUT2D eigenvalue weighted by Gasteiger charge is -2.36. The van der Waals surface area contributed by atoms with Crippen molar-refractivity contribution in [2.45, 2.75) is 31.4 Å². The topological polar surface area (TPSA) is 45.7 Å². The third kappa shape index (κ3) is 5.06. The fourth-order valence-electron chi connectivity index (χ4n) is 1.96. The van der Waals surface area contributed by atoms with Crippen molar-refractivity contribution in [2.75, 3.05) is 39.6 Å². The lowest BCUT2D eigenvalue weighted by Crippen LogP contribution is -2.48. The zero-order valence-corrected chi connectivity index (χ0v) is 12.9. The lowest BCUT2D eigenvalue weighted by molar-refractivity contribution is 0.0783. The van der Waals surface area contributed by atoms with Crippen LogP contribution in [0.2, 0.25) is 0 Å². The molecule has 1 fully saturated rings. The Bertz CT molecular complexity index is 263. The number of thioether (sulfide) groups is 1. The zero-order chi connectivity index (χ0) is 13.4. The first kappa shape index (κ1) is 15.6. The van der Waals surface area contributed by atoms with E-state index in [1.807, 2.05) is 18.8 Å². The minimum Gasteiger partial charge on any atom is -0.381 e. The molecule has 1 aliphatic rings. The summed E-state index contributed by atoms with van der Waals surface area (Å²) in [5.74, 6) is 1.53. The van der Waals surface area contributed by atoms with Crippen LogP contribution in [0.25, 0.3) is 0 Å². The summed E-state index contributed by atoms with van der Waals surface area (Å²) < 4.78 is 5.75. The van der Waals surface area contributed by atoms with Crippen LogP contribution in [-0.2, 0) is 4.74 Å². The molecule has 5 heteroatoms. The Balaban J connectivity index is 2.40. The third-order valence-corrected chi connectivity index (χ3v) is 4.74. The highest BCUT2D eigenvalue weighted by Gasteiger charge is 2.31. The highest BCUT2D eigenvalue weighted by atomic mass is 32.2. The van der Waals surface area contributed by atoms with Gasteiger partial charge in [0.25, 0.3) is 0 Å². The van der Waals surface area contributed by atoms with E-state index in [1.54, 1.807) is 0 Å². The number of nitrogens with zero attached hydrogens (tertiary/aromatic N) is 1. The first-order chi connectivity index (χ1) is 8.62. The van der Waals surface area contributed by atoms with Crippen molar-refractivity contribution in [3.05, 3.63) is 0 Å². The monoisotopic (exact) mass is 273 g/mol. The standard InChI is InChI=1S/C13H27N3OS/c1-11(2)9-15-12(14-3)16-10-13(18-4)5-7-17-8-6-13/h11H,5-10H2,1-4H3,(H2,14,15,16). The van der Waals surface area contributed by atoms with Crippen LogP contribution < -0.4 is 10.6 Å². The molecule has 0 bridgehead atoms. The number of hydrogen-bond donors (Lipinski definition) is 2. The first-order valence-electron chi connectivity index (χ1n) is 6.69. The molecule has 0 unspecified atom stereocenters. The highest BCUT2D eigenvalue weighted by Crippen LogP contribution is 2.32. The van der Waals surface area contributed by atoms with Gasteiger partial charge in [-0.05, 0) is 25.0 Å². The van der Waals surface area contributed by atoms with Crippen molar-refractivity contribution in [1.82, 2.24) is 10.6 Å². The first-order valence-corrected chi connectivity index (χ1v) is 7.92. The summed E-state index contributed by atoms with van der Waals surface area (Å²) in [6.07, 6.45) is 4.42. The van der Waals surface area contributed by atoms with Gasteiger partial charge in [0.05, 0.1) is 0 Å². The van der Waals surface area contributed by atoms with Crippen LogP contribution in [0.5, 0.6) is 0 Å². The molecule has 0 aromatic rings. The van der Waals surface area contributed by atoms with Gasteiger partial charge in [-0.1, -0.05) is 13.8 Å². The number of guanidine groups is 1. The number of rotatable bonds is 5. The maximum absolute atomic E-state index is 5.45. The molecule has 0 amide bonds. The molecule has 4 nitrogen and oxygen atoms in total. The van der Waals surface area contributed by atoms with Gasteiger partial charge < -0.3 is 15.4 Å². The van der Waals surface area contributed by atoms with E-state index in [9.17, 15) is 0 Å². The summed E-state index contributed by atoms with van der Waals surface area (Å²) in [7, 11) is 1.82. The van der Waals surface area contributed by atoms with Crippen molar-refractivity contribution in [1.29, 1.82) is 0 Å². The van der Waals surface area contributed by atoms with Gasteiger partial charge in [-0.2, -0.15) is 11.8 Å². The van der Waals surface area contributed by atoms with Crippen molar-refractivity contribution >= 4 is 17.7 Å². The summed E-state index contributed by atoms with van der Waals surface area (Å²) in [6, 6.07) is 0. The average Bonchev–Trinajstić information content (AvgIpc) is 2.40. The molecule has 0 atom stereocenters. The van der Waals surface area contributed by atoms with Crippen LogP contribution >= 0.6 is 11.8 Å². The highest BCUT2D eigenvalue weighted by molar-refractivity contribution is 8.00. The van der Waals surface area contributed by atoms with Gasteiger partial charge in [-0.3, -0.25) is 4.99 Å². The third-order valence-electron chi connectivity index (χ3n) is 3.32. The number of hydrogen-bond acceptors (Lipinski definition) is 3. The summed E-state index contributed by atoms with van der Waals surface area (Å²) in [4.78, 5) is 4.26. The van der Waals surface area contributed by atoms with Crippen molar-refractivity contribution in [3.8, 4) is 0 Å². The molecule has 0 spiro atoms. The minimum atomic E-state index is 0.299. The predicted molar refractivity (Wildman–Crippen MR) is 80.5 cm³/mol. The van der Waals surface area contributed by atoms with Gasteiger partial charge in [0.1, 0.15) is 0 Å². The maximum Gasteiger partial charge on any atom is 0.191 e. The van der Waals surface area contributed by atoms with E-state index in [4.69, 9.17) is 4.74 Å². The molecule has 0 aromatic carbocycles. The molecule has 0 radical (unpaired) electrons. The Labute approximate surface area is 115 Å². The van der Waals surface area contributed by atoms with Crippen LogP contribution in [-0.4, -0.2) is 50.3 Å². The maximum atomic E-state index is 5.45. The molecule has 1 rings (SSSR count). The molecule has 18 heavy (non-hydrogen) atoms. The summed E-state index contributed by atoms with van der Waals surface area (Å²) in [5, 5.41) is 6.80. The Kier molecular flexibility index (Phi) is 6.86. The summed E-state index contributed by atoms with van der Waals surface area (Å²) in [5.41, 5.74) is 0. The molecular weight excluding hydrogens is 246 g/mol. The second kappa shape index (κ2) is 7.89. The van der Waals surface area contributed by atoms with Gasteiger partial charge in [0.15, 0.2) is 5.96 Å². The van der Waals surface area contributed by atoms with Crippen LogP contribution in [0.4, 0.5) is 0 Å². The number of ether oxygens (including phenoxy) is 1. The second-order valence-electron chi connectivity index (χ2n) is 5.20. The second-order valence-corrected chi connectivity index (χ2v) is 6.47. The molecule has 106 valence electrons. The Morgan fingerprint density at radius 1 is 1.33 bits per heavy atom. The fraction of sp³-hybridized carbons (Fsp3) is 0.923. The van der Waals surface area contributed by atoms with Crippen LogP contribution in [0.1, 0.15) is 26.7 Å². The van der Waals surface area contributed by atoms with Crippen LogP contribution in [0.3, 0.4) is 0 Å². The smallest absolute Gasteiger partial charge is 0.191 e. The van der Waals surface area contributed by atoms with Crippen LogP contribution in [0.15, 0.2) is 4.99 Å². The molecule has 0 saturated carbocycles. The van der Waals surface area contributed by atoms with E-state index in [0.717, 1.165) is 45.1 Å². The summed E-state index contributed by atoms with van der Waals surface area (Å²) in [6.45, 7) is 8.05. The molecule has 1 aliphatic heterocycles. The largest absolute Gasteiger partial charge is 0.381 e. The Morgan fingerprint density at radius 2 is 2.00 bits per heavy atom. The zero-order valence-electron chi connectivity index (χ0n) is 12.1. The fourth-order valence-corrected chi connectivity index (χ4v) is 2.75. The van der Waals surface area contributed by atoms with E-state index < -0.39 is 0 Å². The van der Waals surface area contributed by atoms with Crippen molar-refractivity contribution < 1.29 is 4.74 Å². The quantitative estimate of drug-likeness (QED) is 0.591. The van der Waals surface area contributed by atoms with Crippen LogP contribution in [0, 0.1) is 5.92 Å². The van der Waals surface area contributed by atoms with E-state index in [-0.39, 0.29) is 0 Å². The van der Waals surface area contributed by atoms with Crippen molar-refractivity contribution in [3.63, 3.8) is 0 Å². The van der Waals surface area contributed by atoms with E-state index in [1.165, 1.54) is 0 Å². The van der Waals surface area contributed by atoms with Gasteiger partial charge in [0, 0.05) is 38.1 Å². The Hall–Kier alpha value is -0.420. The molecule has 1 saturated heterocycles. The van der Waals surface area contributed by atoms with Gasteiger partial charge in [0.2, 0.25) is 0 Å². The van der Waals surface area contributed by atoms with E-state index in [2.05, 4.69) is 35.7 Å². The molecular formula is C13H27N3OS. The van der Waals surface area contributed by atoms with E-state index >= 15 is 0 Å². The molecule has 0 aliphatic carbocycles. The minimum absolute atomic E-state index is 0.299. The number of nitrogens with one attached hydrogen (secondary N) is 2. The molecule has 2 N–H and O–H groups in total. The summed E-state index contributed by atoms with van der Waals surface area (Å²) >= 11 is 1.94. The molecule has 1 heterocycles. The van der Waals surface area contributed by atoms with Gasteiger partial charge >= 0.3 is 0 Å². The normalized spacial score (nSPS) is 19.9. The van der Waals surface area contributed by atoms with Gasteiger partial charge in [-0.25, -0.2) is 0 Å². The van der Waals surface area contributed by atoms with Gasteiger partial charge in [-0.15, -0.1) is 0 Å². The molecule has 0 aromatic heterocycles.